The summed E-state index contributed by atoms with van der Waals surface area (Å²) in [6.45, 7) is 2.53. The summed E-state index contributed by atoms with van der Waals surface area (Å²) in [7, 11) is -0.839. The van der Waals surface area contributed by atoms with Crippen LogP contribution in [0.25, 0.3) is 0 Å². The second-order valence-corrected chi connectivity index (χ2v) is 6.09. The van der Waals surface area contributed by atoms with E-state index in [1.807, 2.05) is 6.92 Å². The molecule has 0 heterocycles. The molecule has 0 radical (unpaired) electrons. The van der Waals surface area contributed by atoms with E-state index >= 15 is 0 Å². The van der Waals surface area contributed by atoms with Crippen LogP contribution >= 0.6 is 11.6 Å². The second-order valence-electron chi connectivity index (χ2n) is 3.88. The summed E-state index contributed by atoms with van der Waals surface area (Å²) in [5.74, 6) is -0.530. The molecular formula is C11H16ClFN2OS. The molecule has 0 aliphatic heterocycles. The lowest BCUT2D eigenvalue weighted by Crippen LogP contribution is -2.15. The molecule has 0 saturated heterocycles. The Morgan fingerprint density at radius 3 is 2.82 bits per heavy atom. The van der Waals surface area contributed by atoms with Gasteiger partial charge in [-0.3, -0.25) is 4.21 Å². The van der Waals surface area contributed by atoms with Crippen LogP contribution in [0.15, 0.2) is 12.1 Å². The topological polar surface area (TPSA) is 55.1 Å². The number of benzene rings is 1. The van der Waals surface area contributed by atoms with E-state index in [9.17, 15) is 8.60 Å². The van der Waals surface area contributed by atoms with Crippen molar-refractivity contribution in [2.24, 2.45) is 0 Å². The maximum absolute atomic E-state index is 13.0. The lowest BCUT2D eigenvalue weighted by molar-refractivity contribution is 0.629. The van der Waals surface area contributed by atoms with Gasteiger partial charge in [-0.2, -0.15) is 0 Å². The van der Waals surface area contributed by atoms with Crippen LogP contribution in [-0.4, -0.2) is 22.3 Å². The molecule has 2 unspecified atom stereocenters. The fourth-order valence-corrected chi connectivity index (χ4v) is 1.90. The van der Waals surface area contributed by atoms with Gasteiger partial charge in [0.15, 0.2) is 0 Å². The Balaban J connectivity index is 2.58. The Bertz CT molecular complexity index is 428. The molecular weight excluding hydrogens is 263 g/mol. The van der Waals surface area contributed by atoms with Gasteiger partial charge in [0.2, 0.25) is 0 Å². The number of hydrogen-bond acceptors (Lipinski definition) is 3. The Kier molecular flexibility index (Phi) is 5.21. The van der Waals surface area contributed by atoms with Gasteiger partial charge >= 0.3 is 0 Å². The zero-order valence-electron chi connectivity index (χ0n) is 9.80. The van der Waals surface area contributed by atoms with Crippen molar-refractivity contribution in [3.05, 3.63) is 23.0 Å². The number of halogens is 2. The first-order valence-electron chi connectivity index (χ1n) is 5.22. The number of rotatable bonds is 5. The molecule has 0 saturated carbocycles. The third-order valence-corrected chi connectivity index (χ3v) is 4.18. The third-order valence-electron chi connectivity index (χ3n) is 2.53. The highest BCUT2D eigenvalue weighted by atomic mass is 35.5. The average Bonchev–Trinajstić information content (AvgIpc) is 2.25. The first kappa shape index (κ1) is 14.3. The second kappa shape index (κ2) is 6.21. The molecule has 0 bridgehead atoms. The Morgan fingerprint density at radius 2 is 2.24 bits per heavy atom. The largest absolute Gasteiger partial charge is 0.397 e. The van der Waals surface area contributed by atoms with E-state index in [1.165, 1.54) is 12.1 Å². The highest BCUT2D eigenvalue weighted by Crippen LogP contribution is 2.26. The van der Waals surface area contributed by atoms with E-state index in [0.29, 0.717) is 17.9 Å². The molecule has 0 aliphatic carbocycles. The maximum Gasteiger partial charge on any atom is 0.143 e. The normalized spacial score (nSPS) is 14.4. The van der Waals surface area contributed by atoms with Crippen LogP contribution in [0.4, 0.5) is 15.8 Å². The van der Waals surface area contributed by atoms with E-state index in [-0.39, 0.29) is 10.3 Å². The van der Waals surface area contributed by atoms with Crippen LogP contribution < -0.4 is 11.1 Å². The summed E-state index contributed by atoms with van der Waals surface area (Å²) >= 11 is 5.66. The van der Waals surface area contributed by atoms with Crippen molar-refractivity contribution in [3.63, 3.8) is 0 Å². The first-order chi connectivity index (χ1) is 7.91. The summed E-state index contributed by atoms with van der Waals surface area (Å²) in [5, 5.41) is 3.20. The van der Waals surface area contributed by atoms with E-state index in [2.05, 4.69) is 5.32 Å². The van der Waals surface area contributed by atoms with E-state index in [1.54, 1.807) is 6.26 Å². The molecule has 2 atom stereocenters. The highest BCUT2D eigenvalue weighted by Gasteiger charge is 2.08. The molecule has 0 aliphatic rings. The summed E-state index contributed by atoms with van der Waals surface area (Å²) in [5.41, 5.74) is 6.56. The number of nitrogen functional groups attached to an aromatic ring is 1. The molecule has 0 aromatic heterocycles. The fraction of sp³-hybridized carbons (Fsp3) is 0.455. The predicted molar refractivity (Wildman–Crippen MR) is 72.5 cm³/mol. The van der Waals surface area contributed by atoms with Crippen molar-refractivity contribution in [3.8, 4) is 0 Å². The van der Waals surface area contributed by atoms with Gasteiger partial charge in [-0.1, -0.05) is 18.5 Å². The molecule has 3 N–H and O–H groups in total. The van der Waals surface area contributed by atoms with Crippen molar-refractivity contribution < 1.29 is 8.60 Å². The summed E-state index contributed by atoms with van der Waals surface area (Å²) < 4.78 is 24.2. The highest BCUT2D eigenvalue weighted by molar-refractivity contribution is 7.84. The van der Waals surface area contributed by atoms with Gasteiger partial charge in [0.25, 0.3) is 0 Å². The minimum absolute atomic E-state index is 0.0359. The van der Waals surface area contributed by atoms with Gasteiger partial charge in [-0.15, -0.1) is 0 Å². The smallest absolute Gasteiger partial charge is 0.143 e. The standard InChI is InChI=1S/C11H16ClFN2OS/c1-7(17(2)16)3-4-15-11-5-8(12)9(13)6-10(11)14/h5-7,15H,3-4,14H2,1-2H3. The lowest BCUT2D eigenvalue weighted by Gasteiger charge is -2.12. The van der Waals surface area contributed by atoms with Gasteiger partial charge < -0.3 is 11.1 Å². The van der Waals surface area contributed by atoms with Crippen LogP contribution in [0.2, 0.25) is 5.02 Å². The van der Waals surface area contributed by atoms with Gasteiger partial charge in [0.05, 0.1) is 16.4 Å². The molecule has 1 rings (SSSR count). The summed E-state index contributed by atoms with van der Waals surface area (Å²) in [6.07, 6.45) is 2.42. The fourth-order valence-electron chi connectivity index (χ4n) is 1.29. The molecule has 1 aromatic rings. The summed E-state index contributed by atoms with van der Waals surface area (Å²) in [4.78, 5) is 0. The van der Waals surface area contributed by atoms with Crippen LogP contribution in [0.5, 0.6) is 0 Å². The van der Waals surface area contributed by atoms with Crippen molar-refractivity contribution in [2.45, 2.75) is 18.6 Å². The van der Waals surface area contributed by atoms with E-state index in [0.717, 1.165) is 6.42 Å². The van der Waals surface area contributed by atoms with Crippen molar-refractivity contribution in [1.82, 2.24) is 0 Å². The molecule has 96 valence electrons. The molecule has 17 heavy (non-hydrogen) atoms. The number of nitrogens with one attached hydrogen (secondary N) is 1. The monoisotopic (exact) mass is 278 g/mol. The van der Waals surface area contributed by atoms with Crippen molar-refractivity contribution in [2.75, 3.05) is 23.9 Å². The van der Waals surface area contributed by atoms with E-state index < -0.39 is 16.6 Å². The third kappa shape index (κ3) is 4.16. The molecule has 0 fully saturated rings. The average molecular weight is 279 g/mol. The predicted octanol–water partition coefficient (Wildman–Crippen LogP) is 2.63. The molecule has 3 nitrogen and oxygen atoms in total. The van der Waals surface area contributed by atoms with Crippen LogP contribution in [0, 0.1) is 5.82 Å². The summed E-state index contributed by atoms with van der Waals surface area (Å²) in [6, 6.07) is 2.64. The maximum atomic E-state index is 13.0. The van der Waals surface area contributed by atoms with Crippen LogP contribution in [-0.2, 0) is 10.8 Å². The first-order valence-corrected chi connectivity index (χ1v) is 7.22. The Hall–Kier alpha value is -0.810. The lowest BCUT2D eigenvalue weighted by atomic mass is 10.2. The van der Waals surface area contributed by atoms with Gasteiger partial charge in [-0.25, -0.2) is 4.39 Å². The minimum atomic E-state index is -0.839. The zero-order chi connectivity index (χ0) is 13.0. The molecule has 0 amide bonds. The molecule has 6 heteroatoms. The number of anilines is 2. The van der Waals surface area contributed by atoms with Crippen molar-refractivity contribution in [1.29, 1.82) is 0 Å². The van der Waals surface area contributed by atoms with Crippen LogP contribution in [0.3, 0.4) is 0 Å². The molecule has 0 spiro atoms. The minimum Gasteiger partial charge on any atom is -0.397 e. The number of nitrogens with two attached hydrogens (primary N) is 1. The Labute approximate surface area is 108 Å². The quantitative estimate of drug-likeness (QED) is 0.814. The Morgan fingerprint density at radius 1 is 1.59 bits per heavy atom. The number of hydrogen-bond donors (Lipinski definition) is 2. The molecule has 1 aromatic carbocycles. The van der Waals surface area contributed by atoms with Gasteiger partial charge in [0.1, 0.15) is 5.82 Å². The van der Waals surface area contributed by atoms with Gasteiger partial charge in [-0.05, 0) is 12.5 Å². The van der Waals surface area contributed by atoms with Gasteiger partial charge in [0, 0.05) is 34.9 Å². The van der Waals surface area contributed by atoms with Crippen molar-refractivity contribution >= 4 is 33.8 Å². The van der Waals surface area contributed by atoms with Crippen LogP contribution in [0.1, 0.15) is 13.3 Å². The van der Waals surface area contributed by atoms with E-state index in [4.69, 9.17) is 17.3 Å². The zero-order valence-corrected chi connectivity index (χ0v) is 11.4. The SMILES string of the molecule is CC(CCNc1cc(Cl)c(F)cc1N)S(C)=O.